The van der Waals surface area contributed by atoms with Crippen LogP contribution in [0.5, 0.6) is 5.75 Å². The van der Waals surface area contributed by atoms with Gasteiger partial charge in [-0.1, -0.05) is 64.8 Å². The fraction of sp³-hybridized carbons (Fsp3) is 0.391. The minimum absolute atomic E-state index is 0.0452. The van der Waals surface area contributed by atoms with Crippen molar-refractivity contribution < 1.29 is 14.3 Å². The molecule has 0 aromatic heterocycles. The van der Waals surface area contributed by atoms with Crippen molar-refractivity contribution in [2.24, 2.45) is 0 Å². The van der Waals surface area contributed by atoms with E-state index in [1.54, 1.807) is 30.0 Å². The van der Waals surface area contributed by atoms with Gasteiger partial charge in [-0.05, 0) is 50.5 Å². The lowest BCUT2D eigenvalue weighted by atomic mass is 10.1. The third-order valence-electron chi connectivity index (χ3n) is 4.90. The van der Waals surface area contributed by atoms with Crippen LogP contribution in [0, 0.1) is 0 Å². The highest BCUT2D eigenvalue weighted by Crippen LogP contribution is 2.27. The van der Waals surface area contributed by atoms with Crippen LogP contribution in [0.4, 0.5) is 0 Å². The number of halogens is 2. The van der Waals surface area contributed by atoms with E-state index in [0.29, 0.717) is 23.7 Å². The van der Waals surface area contributed by atoms with E-state index in [1.165, 1.54) is 0 Å². The molecule has 30 heavy (non-hydrogen) atoms. The summed E-state index contributed by atoms with van der Waals surface area (Å²) in [5, 5.41) is 3.36. The molecular weight excluding hydrogens is 468 g/mol. The number of hydrogen-bond donors (Lipinski definition) is 1. The molecule has 0 fully saturated rings. The van der Waals surface area contributed by atoms with Crippen LogP contribution in [-0.2, 0) is 16.0 Å². The molecule has 162 valence electrons. The molecule has 2 rings (SSSR count). The van der Waals surface area contributed by atoms with Crippen molar-refractivity contribution in [2.75, 3.05) is 13.2 Å². The minimum atomic E-state index is -0.612. The summed E-state index contributed by atoms with van der Waals surface area (Å²) in [7, 11) is 0. The zero-order chi connectivity index (χ0) is 22.1. The van der Waals surface area contributed by atoms with Crippen molar-refractivity contribution in [2.45, 2.75) is 45.7 Å². The Morgan fingerprint density at radius 1 is 1.17 bits per heavy atom. The second-order valence-corrected chi connectivity index (χ2v) is 8.50. The number of benzene rings is 2. The summed E-state index contributed by atoms with van der Waals surface area (Å²) in [5.74, 6) is -0.0166. The van der Waals surface area contributed by atoms with E-state index in [4.69, 9.17) is 16.3 Å². The van der Waals surface area contributed by atoms with Crippen LogP contribution in [0.1, 0.15) is 32.8 Å². The molecule has 2 aromatic carbocycles. The first kappa shape index (κ1) is 24.2. The molecule has 0 aliphatic rings. The molecule has 0 saturated carbocycles. The lowest BCUT2D eigenvalue weighted by Crippen LogP contribution is -2.51. The summed E-state index contributed by atoms with van der Waals surface area (Å²) in [5.41, 5.74) is 1.10. The van der Waals surface area contributed by atoms with Crippen molar-refractivity contribution >= 4 is 39.3 Å². The summed E-state index contributed by atoms with van der Waals surface area (Å²) in [6.45, 7) is 5.91. The summed E-state index contributed by atoms with van der Waals surface area (Å²) < 4.78 is 6.47. The Hall–Kier alpha value is -2.05. The Balaban J connectivity index is 2.09. The molecule has 0 unspecified atom stereocenters. The summed E-state index contributed by atoms with van der Waals surface area (Å²) in [6.07, 6.45) is 1.47. The number of hydrogen-bond acceptors (Lipinski definition) is 3. The van der Waals surface area contributed by atoms with Crippen LogP contribution >= 0.6 is 27.5 Å². The lowest BCUT2D eigenvalue weighted by Gasteiger charge is -2.29. The van der Waals surface area contributed by atoms with E-state index in [9.17, 15) is 9.59 Å². The Morgan fingerprint density at radius 3 is 2.50 bits per heavy atom. The highest BCUT2D eigenvalue weighted by Gasteiger charge is 2.26. The zero-order valence-corrected chi connectivity index (χ0v) is 19.9. The van der Waals surface area contributed by atoms with E-state index >= 15 is 0 Å². The first-order valence-electron chi connectivity index (χ1n) is 10.0. The summed E-state index contributed by atoms with van der Waals surface area (Å²) in [4.78, 5) is 27.2. The SMILES string of the molecule is CC[C@@H](C)NC(=O)[C@@H](C)N(CCc1ccccc1)C(=O)COc1ccc(Br)cc1Cl. The van der Waals surface area contributed by atoms with Crippen molar-refractivity contribution in [3.05, 3.63) is 63.6 Å². The second-order valence-electron chi connectivity index (χ2n) is 7.18. The maximum atomic E-state index is 13.0. The van der Waals surface area contributed by atoms with E-state index in [1.807, 2.05) is 44.2 Å². The number of nitrogens with one attached hydrogen (secondary N) is 1. The van der Waals surface area contributed by atoms with E-state index in [-0.39, 0.29) is 24.5 Å². The van der Waals surface area contributed by atoms with E-state index < -0.39 is 6.04 Å². The topological polar surface area (TPSA) is 58.6 Å². The first-order valence-corrected chi connectivity index (χ1v) is 11.2. The molecule has 0 saturated heterocycles. The molecule has 0 heterocycles. The Morgan fingerprint density at radius 2 is 1.87 bits per heavy atom. The van der Waals surface area contributed by atoms with Gasteiger partial charge in [0.25, 0.3) is 5.91 Å². The molecule has 5 nitrogen and oxygen atoms in total. The van der Waals surface area contributed by atoms with Crippen LogP contribution < -0.4 is 10.1 Å². The number of rotatable bonds is 10. The van der Waals surface area contributed by atoms with Gasteiger partial charge in [0, 0.05) is 17.1 Å². The van der Waals surface area contributed by atoms with Gasteiger partial charge in [-0.3, -0.25) is 9.59 Å². The van der Waals surface area contributed by atoms with Gasteiger partial charge in [0.15, 0.2) is 6.61 Å². The molecule has 0 bridgehead atoms. The number of nitrogens with zero attached hydrogens (tertiary/aromatic N) is 1. The maximum absolute atomic E-state index is 13.0. The van der Waals surface area contributed by atoms with Gasteiger partial charge in [0.2, 0.25) is 5.91 Å². The molecule has 0 aliphatic carbocycles. The van der Waals surface area contributed by atoms with Gasteiger partial charge in [-0.2, -0.15) is 0 Å². The predicted octanol–water partition coefficient (Wildman–Crippen LogP) is 4.86. The molecule has 0 spiro atoms. The smallest absolute Gasteiger partial charge is 0.261 e. The van der Waals surface area contributed by atoms with E-state index in [2.05, 4.69) is 21.2 Å². The summed E-state index contributed by atoms with van der Waals surface area (Å²) >= 11 is 9.52. The monoisotopic (exact) mass is 494 g/mol. The lowest BCUT2D eigenvalue weighted by molar-refractivity contribution is -0.141. The molecule has 2 amide bonds. The standard InChI is InChI=1S/C23H28BrClN2O3/c1-4-16(2)26-23(29)17(3)27(13-12-18-8-6-5-7-9-18)22(28)15-30-21-11-10-19(24)14-20(21)25/h5-11,14,16-17H,4,12-13,15H2,1-3H3,(H,26,29)/t16-,17-/m1/s1. The van der Waals surface area contributed by atoms with Gasteiger partial charge >= 0.3 is 0 Å². The van der Waals surface area contributed by atoms with Crippen LogP contribution in [0.2, 0.25) is 5.02 Å². The van der Waals surface area contributed by atoms with Crippen molar-refractivity contribution in [3.8, 4) is 5.75 Å². The van der Waals surface area contributed by atoms with Crippen molar-refractivity contribution in [3.63, 3.8) is 0 Å². The molecule has 0 radical (unpaired) electrons. The Bertz CT molecular complexity index is 848. The highest BCUT2D eigenvalue weighted by atomic mass is 79.9. The molecule has 7 heteroatoms. The van der Waals surface area contributed by atoms with Gasteiger partial charge in [-0.25, -0.2) is 0 Å². The predicted molar refractivity (Wildman–Crippen MR) is 124 cm³/mol. The molecule has 1 N–H and O–H groups in total. The number of carbonyl (C=O) groups excluding carboxylic acids is 2. The van der Waals surface area contributed by atoms with Crippen LogP contribution in [-0.4, -0.2) is 41.9 Å². The molecule has 0 aliphatic heterocycles. The van der Waals surface area contributed by atoms with Crippen LogP contribution in [0.25, 0.3) is 0 Å². The second kappa shape index (κ2) is 12.0. The van der Waals surface area contributed by atoms with Crippen molar-refractivity contribution in [1.29, 1.82) is 0 Å². The summed E-state index contributed by atoms with van der Waals surface area (Å²) in [6, 6.07) is 14.5. The van der Waals surface area contributed by atoms with Crippen molar-refractivity contribution in [1.82, 2.24) is 10.2 Å². The highest BCUT2D eigenvalue weighted by molar-refractivity contribution is 9.10. The fourth-order valence-electron chi connectivity index (χ4n) is 2.85. The number of amides is 2. The number of carbonyl (C=O) groups is 2. The van der Waals surface area contributed by atoms with Gasteiger partial charge in [0.1, 0.15) is 11.8 Å². The average Bonchev–Trinajstić information content (AvgIpc) is 2.73. The normalized spacial score (nSPS) is 12.7. The average molecular weight is 496 g/mol. The largest absolute Gasteiger partial charge is 0.482 e. The zero-order valence-electron chi connectivity index (χ0n) is 17.5. The molecule has 2 aromatic rings. The number of ether oxygens (including phenoxy) is 1. The minimum Gasteiger partial charge on any atom is -0.482 e. The third kappa shape index (κ3) is 7.33. The van der Waals surface area contributed by atoms with Gasteiger partial charge in [-0.15, -0.1) is 0 Å². The molecular formula is C23H28BrClN2O3. The molecule has 2 atom stereocenters. The van der Waals surface area contributed by atoms with Crippen LogP contribution in [0.3, 0.4) is 0 Å². The van der Waals surface area contributed by atoms with Crippen LogP contribution in [0.15, 0.2) is 53.0 Å². The Labute approximate surface area is 191 Å². The van der Waals surface area contributed by atoms with E-state index in [0.717, 1.165) is 16.5 Å². The first-order chi connectivity index (χ1) is 14.3. The van der Waals surface area contributed by atoms with Gasteiger partial charge in [0.05, 0.1) is 5.02 Å². The van der Waals surface area contributed by atoms with Gasteiger partial charge < -0.3 is 15.0 Å². The fourth-order valence-corrected chi connectivity index (χ4v) is 3.58. The maximum Gasteiger partial charge on any atom is 0.261 e. The Kier molecular flexibility index (Phi) is 9.66. The quantitative estimate of drug-likeness (QED) is 0.512. The third-order valence-corrected chi connectivity index (χ3v) is 5.69.